The van der Waals surface area contributed by atoms with Gasteiger partial charge in [-0.3, -0.25) is 29.2 Å². The molecule has 0 aliphatic carbocycles. The molecule has 202 valence electrons. The Labute approximate surface area is 229 Å². The predicted molar refractivity (Wildman–Crippen MR) is 150 cm³/mol. The molecule has 7 nitrogen and oxygen atoms in total. The molecule has 2 aromatic rings. The summed E-state index contributed by atoms with van der Waals surface area (Å²) in [7, 11) is 0. The summed E-state index contributed by atoms with van der Waals surface area (Å²) in [4.78, 5) is 59.5. The summed E-state index contributed by atoms with van der Waals surface area (Å²) >= 11 is 6.19. The molecule has 1 fully saturated rings. The maximum atomic E-state index is 13.3. The van der Waals surface area contributed by atoms with Crippen LogP contribution in [-0.4, -0.2) is 52.7 Å². The van der Waals surface area contributed by atoms with Gasteiger partial charge in [0.25, 0.3) is 0 Å². The monoisotopic (exact) mass is 537 g/mol. The Balaban J connectivity index is 1.85. The van der Waals surface area contributed by atoms with Crippen molar-refractivity contribution in [3.8, 4) is 0 Å². The summed E-state index contributed by atoms with van der Waals surface area (Å²) in [5, 5.41) is 0.368. The number of halogens is 1. The molecule has 0 N–H and O–H groups in total. The van der Waals surface area contributed by atoms with Crippen LogP contribution in [0.5, 0.6) is 0 Å². The van der Waals surface area contributed by atoms with Crippen LogP contribution < -0.4 is 0 Å². The highest BCUT2D eigenvalue weighted by Crippen LogP contribution is 2.27. The second kappa shape index (κ2) is 14.6. The van der Waals surface area contributed by atoms with E-state index in [1.807, 2.05) is 13.0 Å². The number of imide groups is 2. The lowest BCUT2D eigenvalue weighted by molar-refractivity contribution is -0.145. The summed E-state index contributed by atoms with van der Waals surface area (Å²) in [6.07, 6.45) is 8.76. The molecule has 1 unspecified atom stereocenters. The van der Waals surface area contributed by atoms with E-state index in [0.717, 1.165) is 43.4 Å². The van der Waals surface area contributed by atoms with Crippen LogP contribution in [0, 0.1) is 5.92 Å². The van der Waals surface area contributed by atoms with Crippen molar-refractivity contribution in [3.63, 3.8) is 0 Å². The molecular formula is C30H36ClN3O4. The number of benzene rings is 2. The number of barbiturate groups is 1. The van der Waals surface area contributed by atoms with Gasteiger partial charge in [0.1, 0.15) is 0 Å². The van der Waals surface area contributed by atoms with Gasteiger partial charge in [0, 0.05) is 35.5 Å². The molecule has 1 heterocycles. The van der Waals surface area contributed by atoms with E-state index in [2.05, 4.69) is 11.9 Å². The van der Waals surface area contributed by atoms with Gasteiger partial charge >= 0.3 is 6.03 Å². The number of carbonyl (C=O) groups is 4. The number of unbranched alkanes of at least 4 members (excludes halogenated alkanes) is 6. The molecule has 4 amide bonds. The van der Waals surface area contributed by atoms with E-state index in [1.54, 1.807) is 36.4 Å². The molecule has 1 aliphatic rings. The highest BCUT2D eigenvalue weighted by Gasteiger charge is 2.44. The van der Waals surface area contributed by atoms with Gasteiger partial charge in [-0.2, -0.15) is 0 Å². The van der Waals surface area contributed by atoms with Crippen molar-refractivity contribution in [3.05, 3.63) is 64.7 Å². The number of ketones is 1. The SMILES string of the molecule is CCCCCCCCN1C(=O)C(C=Nc2cc(Cl)ccc2C(=O)c2ccccc2)C(=O)N(CCCC)C1=O. The first-order chi connectivity index (χ1) is 18.4. The van der Waals surface area contributed by atoms with Crippen LogP contribution in [0.1, 0.15) is 81.1 Å². The number of urea groups is 1. The molecule has 0 radical (unpaired) electrons. The van der Waals surface area contributed by atoms with Crippen LogP contribution in [0.2, 0.25) is 5.02 Å². The normalized spacial score (nSPS) is 16.1. The molecule has 0 bridgehead atoms. The van der Waals surface area contributed by atoms with Gasteiger partial charge in [-0.1, -0.05) is 94.3 Å². The Morgan fingerprint density at radius 2 is 1.45 bits per heavy atom. The van der Waals surface area contributed by atoms with Crippen LogP contribution in [0.25, 0.3) is 0 Å². The standard InChI is InChI=1S/C30H36ClN3O4/c1-3-5-7-8-9-13-19-34-29(37)25(28(36)33(30(34)38)18-6-4-2)21-32-26-20-23(31)16-17-24(26)27(35)22-14-11-10-12-15-22/h10-12,14-17,20-21,25H,3-9,13,18-19H2,1-2H3. The zero-order chi connectivity index (χ0) is 27.5. The van der Waals surface area contributed by atoms with Gasteiger partial charge in [-0.25, -0.2) is 4.79 Å². The molecular weight excluding hydrogens is 502 g/mol. The van der Waals surface area contributed by atoms with E-state index >= 15 is 0 Å². The van der Waals surface area contributed by atoms with Crippen molar-refractivity contribution in [2.75, 3.05) is 13.1 Å². The first-order valence-electron chi connectivity index (χ1n) is 13.5. The quantitative estimate of drug-likeness (QED) is 0.114. The van der Waals surface area contributed by atoms with Gasteiger partial charge in [0.15, 0.2) is 11.7 Å². The molecule has 0 saturated carbocycles. The van der Waals surface area contributed by atoms with Crippen molar-refractivity contribution in [1.29, 1.82) is 0 Å². The Hall–Kier alpha value is -3.32. The second-order valence-electron chi connectivity index (χ2n) is 9.50. The minimum atomic E-state index is -1.25. The van der Waals surface area contributed by atoms with Crippen molar-refractivity contribution < 1.29 is 19.2 Å². The van der Waals surface area contributed by atoms with E-state index in [-0.39, 0.29) is 24.6 Å². The van der Waals surface area contributed by atoms with E-state index < -0.39 is 23.8 Å². The minimum Gasteiger partial charge on any atom is -0.289 e. The van der Waals surface area contributed by atoms with Crippen molar-refractivity contribution >= 4 is 47.1 Å². The summed E-state index contributed by atoms with van der Waals surface area (Å²) < 4.78 is 0. The van der Waals surface area contributed by atoms with E-state index in [0.29, 0.717) is 29.0 Å². The maximum absolute atomic E-state index is 13.3. The Morgan fingerprint density at radius 3 is 2.11 bits per heavy atom. The smallest absolute Gasteiger partial charge is 0.289 e. The van der Waals surface area contributed by atoms with Gasteiger partial charge in [-0.15, -0.1) is 0 Å². The molecule has 0 spiro atoms. The van der Waals surface area contributed by atoms with Gasteiger partial charge in [-0.05, 0) is 31.0 Å². The second-order valence-corrected chi connectivity index (χ2v) is 9.93. The molecule has 3 rings (SSSR count). The van der Waals surface area contributed by atoms with Gasteiger partial charge in [0.05, 0.1) is 5.69 Å². The van der Waals surface area contributed by atoms with E-state index in [1.165, 1.54) is 17.2 Å². The molecule has 1 saturated heterocycles. The van der Waals surface area contributed by atoms with Crippen LogP contribution in [0.3, 0.4) is 0 Å². The summed E-state index contributed by atoms with van der Waals surface area (Å²) in [6, 6.07) is 12.9. The van der Waals surface area contributed by atoms with E-state index in [9.17, 15) is 19.2 Å². The Kier molecular flexibility index (Phi) is 11.2. The minimum absolute atomic E-state index is 0.244. The van der Waals surface area contributed by atoms with Crippen molar-refractivity contribution in [2.24, 2.45) is 10.9 Å². The molecule has 0 aromatic heterocycles. The van der Waals surface area contributed by atoms with Crippen LogP contribution in [0.15, 0.2) is 53.5 Å². The largest absolute Gasteiger partial charge is 0.333 e. The highest BCUT2D eigenvalue weighted by molar-refractivity contribution is 6.31. The summed E-state index contributed by atoms with van der Waals surface area (Å²) in [5.41, 5.74) is 1.04. The third kappa shape index (κ3) is 7.38. The molecule has 38 heavy (non-hydrogen) atoms. The van der Waals surface area contributed by atoms with Gasteiger partial charge in [0.2, 0.25) is 11.8 Å². The van der Waals surface area contributed by atoms with Crippen molar-refractivity contribution in [2.45, 2.75) is 65.2 Å². The lowest BCUT2D eigenvalue weighted by atomic mass is 10.0. The lowest BCUT2D eigenvalue weighted by Crippen LogP contribution is -2.60. The number of nitrogens with zero attached hydrogens (tertiary/aromatic N) is 3. The zero-order valence-electron chi connectivity index (χ0n) is 22.2. The first kappa shape index (κ1) is 29.2. The number of hydrogen-bond acceptors (Lipinski definition) is 5. The molecule has 1 atom stereocenters. The molecule has 8 heteroatoms. The molecule has 2 aromatic carbocycles. The number of aliphatic imine (C=N–C) groups is 1. The fourth-order valence-electron chi connectivity index (χ4n) is 4.38. The number of carbonyl (C=O) groups excluding carboxylic acids is 4. The highest BCUT2D eigenvalue weighted by atomic mass is 35.5. The predicted octanol–water partition coefficient (Wildman–Crippen LogP) is 6.84. The van der Waals surface area contributed by atoms with Crippen LogP contribution in [-0.2, 0) is 9.59 Å². The average Bonchev–Trinajstić information content (AvgIpc) is 2.92. The Bertz CT molecular complexity index is 1170. The average molecular weight is 538 g/mol. The van der Waals surface area contributed by atoms with Gasteiger partial charge < -0.3 is 0 Å². The summed E-state index contributed by atoms with van der Waals surface area (Å²) in [6.45, 7) is 4.63. The number of rotatable bonds is 14. The van der Waals surface area contributed by atoms with Crippen molar-refractivity contribution in [1.82, 2.24) is 9.80 Å². The number of amides is 4. The third-order valence-corrected chi connectivity index (χ3v) is 6.83. The Morgan fingerprint density at radius 1 is 0.842 bits per heavy atom. The fourth-order valence-corrected chi connectivity index (χ4v) is 4.55. The van der Waals surface area contributed by atoms with Crippen LogP contribution in [0.4, 0.5) is 10.5 Å². The van der Waals surface area contributed by atoms with E-state index in [4.69, 9.17) is 11.6 Å². The maximum Gasteiger partial charge on any atom is 0.333 e. The topological polar surface area (TPSA) is 87.1 Å². The third-order valence-electron chi connectivity index (χ3n) is 6.60. The fraction of sp³-hybridized carbons (Fsp3) is 0.433. The molecule has 1 aliphatic heterocycles. The van der Waals surface area contributed by atoms with Crippen LogP contribution >= 0.6 is 11.6 Å². The zero-order valence-corrected chi connectivity index (χ0v) is 23.0. The first-order valence-corrected chi connectivity index (χ1v) is 13.9. The lowest BCUT2D eigenvalue weighted by Gasteiger charge is -2.35. The summed E-state index contributed by atoms with van der Waals surface area (Å²) in [5.74, 6) is -2.67. The number of hydrogen-bond donors (Lipinski definition) is 0.